The molecule has 0 aromatic carbocycles. The van der Waals surface area contributed by atoms with Gasteiger partial charge in [-0.2, -0.15) is 0 Å². The number of likely N-dealkylation sites (tertiary alicyclic amines) is 1. The highest BCUT2D eigenvalue weighted by atomic mass is 35.5. The van der Waals surface area contributed by atoms with E-state index in [0.29, 0.717) is 12.1 Å². The van der Waals surface area contributed by atoms with E-state index in [2.05, 4.69) is 30.1 Å². The molecule has 1 fully saturated rings. The number of hydrogen-bond donors (Lipinski definition) is 1. The van der Waals surface area contributed by atoms with Crippen LogP contribution in [0.15, 0.2) is 12.1 Å². The molecule has 2 rings (SSSR count). The highest BCUT2D eigenvalue weighted by Crippen LogP contribution is 2.27. The van der Waals surface area contributed by atoms with Crippen LogP contribution in [0.4, 0.5) is 0 Å². The number of halogens is 1. The van der Waals surface area contributed by atoms with Crippen molar-refractivity contribution in [1.82, 2.24) is 10.2 Å². The third-order valence-corrected chi connectivity index (χ3v) is 5.19. The van der Waals surface area contributed by atoms with Crippen LogP contribution in [0, 0.1) is 0 Å². The Hall–Kier alpha value is -0.0900. The first-order valence-electron chi connectivity index (χ1n) is 6.92. The Morgan fingerprint density at radius 3 is 2.94 bits per heavy atom. The Bertz CT molecular complexity index is 366. The summed E-state index contributed by atoms with van der Waals surface area (Å²) in [7, 11) is 0. The Balaban J connectivity index is 1.85. The standard InChI is InChI=1S/C14H23ClN2S/c1-3-17-9-4-5-12(8-10-17)16-11(2)13-6-7-14(15)18-13/h6-7,11-12,16H,3-5,8-10H2,1-2H3. The second kappa shape index (κ2) is 6.90. The van der Waals surface area contributed by atoms with Gasteiger partial charge < -0.3 is 10.2 Å². The summed E-state index contributed by atoms with van der Waals surface area (Å²) in [6, 6.07) is 5.20. The third kappa shape index (κ3) is 3.95. The smallest absolute Gasteiger partial charge is 0.0931 e. The summed E-state index contributed by atoms with van der Waals surface area (Å²) in [6.07, 6.45) is 3.86. The largest absolute Gasteiger partial charge is 0.307 e. The molecule has 1 aromatic rings. The molecule has 0 spiro atoms. The molecule has 1 saturated heterocycles. The van der Waals surface area contributed by atoms with Crippen LogP contribution in [0.1, 0.15) is 44.0 Å². The maximum absolute atomic E-state index is 6.00. The van der Waals surface area contributed by atoms with Crippen molar-refractivity contribution in [3.8, 4) is 0 Å². The molecule has 0 radical (unpaired) electrons. The summed E-state index contributed by atoms with van der Waals surface area (Å²) in [6.45, 7) is 8.16. The van der Waals surface area contributed by atoms with Gasteiger partial charge in [0.15, 0.2) is 0 Å². The molecule has 1 aliphatic heterocycles. The van der Waals surface area contributed by atoms with E-state index in [9.17, 15) is 0 Å². The minimum absolute atomic E-state index is 0.417. The van der Waals surface area contributed by atoms with Gasteiger partial charge in [-0.05, 0) is 58.0 Å². The Morgan fingerprint density at radius 2 is 2.28 bits per heavy atom. The van der Waals surface area contributed by atoms with E-state index in [1.54, 1.807) is 11.3 Å². The van der Waals surface area contributed by atoms with Gasteiger partial charge in [-0.1, -0.05) is 18.5 Å². The molecule has 2 atom stereocenters. The lowest BCUT2D eigenvalue weighted by atomic mass is 10.1. The Morgan fingerprint density at radius 1 is 1.44 bits per heavy atom. The molecule has 2 unspecified atom stereocenters. The van der Waals surface area contributed by atoms with Crippen molar-refractivity contribution in [2.75, 3.05) is 19.6 Å². The van der Waals surface area contributed by atoms with Crippen LogP contribution < -0.4 is 5.32 Å². The first kappa shape index (κ1) is 14.3. The molecule has 102 valence electrons. The molecule has 0 amide bonds. The van der Waals surface area contributed by atoms with E-state index in [0.717, 1.165) is 4.34 Å². The van der Waals surface area contributed by atoms with E-state index in [1.807, 2.05) is 6.07 Å². The molecule has 1 aromatic heterocycles. The highest BCUT2D eigenvalue weighted by molar-refractivity contribution is 7.16. The topological polar surface area (TPSA) is 15.3 Å². The van der Waals surface area contributed by atoms with Crippen LogP contribution in [0.5, 0.6) is 0 Å². The predicted molar refractivity (Wildman–Crippen MR) is 80.6 cm³/mol. The summed E-state index contributed by atoms with van der Waals surface area (Å²) in [5, 5.41) is 3.76. The van der Waals surface area contributed by atoms with Crippen molar-refractivity contribution in [2.24, 2.45) is 0 Å². The highest BCUT2D eigenvalue weighted by Gasteiger charge is 2.18. The number of hydrogen-bond acceptors (Lipinski definition) is 3. The van der Waals surface area contributed by atoms with Gasteiger partial charge in [0.05, 0.1) is 4.34 Å². The van der Waals surface area contributed by atoms with Crippen molar-refractivity contribution in [3.05, 3.63) is 21.3 Å². The zero-order valence-electron chi connectivity index (χ0n) is 11.3. The molecular weight excluding hydrogens is 264 g/mol. The van der Waals surface area contributed by atoms with Crippen LogP contribution in [0.3, 0.4) is 0 Å². The van der Waals surface area contributed by atoms with Crippen molar-refractivity contribution < 1.29 is 0 Å². The maximum Gasteiger partial charge on any atom is 0.0931 e. The van der Waals surface area contributed by atoms with Gasteiger partial charge in [0.25, 0.3) is 0 Å². The molecule has 2 heterocycles. The molecule has 4 heteroatoms. The quantitative estimate of drug-likeness (QED) is 0.902. The summed E-state index contributed by atoms with van der Waals surface area (Å²) in [4.78, 5) is 3.89. The average Bonchev–Trinajstić information content (AvgIpc) is 2.67. The lowest BCUT2D eigenvalue weighted by molar-refractivity contribution is 0.296. The monoisotopic (exact) mass is 286 g/mol. The molecular formula is C14H23ClN2S. The van der Waals surface area contributed by atoms with Gasteiger partial charge in [0, 0.05) is 17.0 Å². The van der Waals surface area contributed by atoms with Crippen LogP contribution in [0.25, 0.3) is 0 Å². The fourth-order valence-corrected chi connectivity index (χ4v) is 3.71. The maximum atomic E-state index is 6.00. The first-order valence-corrected chi connectivity index (χ1v) is 8.12. The number of thiophene rings is 1. The van der Waals surface area contributed by atoms with Gasteiger partial charge in [-0.3, -0.25) is 0 Å². The number of nitrogens with one attached hydrogen (secondary N) is 1. The van der Waals surface area contributed by atoms with Gasteiger partial charge >= 0.3 is 0 Å². The average molecular weight is 287 g/mol. The molecule has 0 saturated carbocycles. The zero-order chi connectivity index (χ0) is 13.0. The molecule has 0 bridgehead atoms. The van der Waals surface area contributed by atoms with Crippen LogP contribution in [0.2, 0.25) is 4.34 Å². The van der Waals surface area contributed by atoms with Crippen molar-refractivity contribution in [2.45, 2.75) is 45.2 Å². The minimum atomic E-state index is 0.417. The van der Waals surface area contributed by atoms with Crippen molar-refractivity contribution >= 4 is 22.9 Å². The van der Waals surface area contributed by atoms with Crippen molar-refractivity contribution in [3.63, 3.8) is 0 Å². The lowest BCUT2D eigenvalue weighted by Crippen LogP contribution is -2.32. The van der Waals surface area contributed by atoms with Gasteiger partial charge in [0.1, 0.15) is 0 Å². The normalized spacial score (nSPS) is 23.8. The summed E-state index contributed by atoms with van der Waals surface area (Å²) in [5.74, 6) is 0. The van der Waals surface area contributed by atoms with Gasteiger partial charge in [-0.15, -0.1) is 11.3 Å². The summed E-state index contributed by atoms with van der Waals surface area (Å²) < 4.78 is 0.886. The zero-order valence-corrected chi connectivity index (χ0v) is 12.9. The van der Waals surface area contributed by atoms with Crippen LogP contribution in [-0.2, 0) is 0 Å². The molecule has 1 N–H and O–H groups in total. The van der Waals surface area contributed by atoms with Crippen LogP contribution in [-0.4, -0.2) is 30.6 Å². The van der Waals surface area contributed by atoms with Crippen LogP contribution >= 0.6 is 22.9 Å². The SMILES string of the molecule is CCN1CCCC(NC(C)c2ccc(Cl)s2)CC1. The molecule has 1 aliphatic rings. The third-order valence-electron chi connectivity index (χ3n) is 3.77. The second-order valence-corrected chi connectivity index (χ2v) is 6.84. The number of nitrogens with zero attached hydrogens (tertiary/aromatic N) is 1. The van der Waals surface area contributed by atoms with Gasteiger partial charge in [-0.25, -0.2) is 0 Å². The Labute approximate surface area is 119 Å². The lowest BCUT2D eigenvalue weighted by Gasteiger charge is -2.21. The molecule has 0 aliphatic carbocycles. The second-order valence-electron chi connectivity index (χ2n) is 5.09. The summed E-state index contributed by atoms with van der Waals surface area (Å²) in [5.41, 5.74) is 0. The Kier molecular flexibility index (Phi) is 5.49. The van der Waals surface area contributed by atoms with Crippen molar-refractivity contribution in [1.29, 1.82) is 0 Å². The number of rotatable bonds is 4. The van der Waals surface area contributed by atoms with E-state index in [-0.39, 0.29) is 0 Å². The molecule has 2 nitrogen and oxygen atoms in total. The first-order chi connectivity index (χ1) is 8.69. The fourth-order valence-electron chi connectivity index (χ4n) is 2.64. The van der Waals surface area contributed by atoms with E-state index in [1.165, 1.54) is 43.8 Å². The van der Waals surface area contributed by atoms with Gasteiger partial charge in [0.2, 0.25) is 0 Å². The van der Waals surface area contributed by atoms with E-state index in [4.69, 9.17) is 11.6 Å². The fraction of sp³-hybridized carbons (Fsp3) is 0.714. The minimum Gasteiger partial charge on any atom is -0.307 e. The van der Waals surface area contributed by atoms with E-state index >= 15 is 0 Å². The predicted octanol–water partition coefficient (Wildman–Crippen LogP) is 3.93. The summed E-state index contributed by atoms with van der Waals surface area (Å²) >= 11 is 7.68. The molecule has 18 heavy (non-hydrogen) atoms. The van der Waals surface area contributed by atoms with E-state index < -0.39 is 0 Å².